The van der Waals surface area contributed by atoms with Crippen LogP contribution in [0.2, 0.25) is 0 Å². The van der Waals surface area contributed by atoms with Crippen LogP contribution in [0.25, 0.3) is 0 Å². The lowest BCUT2D eigenvalue weighted by molar-refractivity contribution is -0.137. The number of carbonyl (C=O) groups is 2. The Morgan fingerprint density at radius 2 is 1.73 bits per heavy atom. The van der Waals surface area contributed by atoms with Gasteiger partial charge in [0.15, 0.2) is 0 Å². The molecule has 0 radical (unpaired) electrons. The minimum Gasteiger partial charge on any atom is -0.353 e. The molecule has 2 fully saturated rings. The standard InChI is InChI=1S/C18H22F3N3O2/c1-11(25)22-12-9-13-5-4-6-14(10-12)24(13)17(26)23-16-8-3-2-7-15(16)18(19,20)21/h2-3,7-8,12-14H,4-6,9-10H2,1H3,(H,22,25)(H,23,26)/t13-,14-/m0/s1. The Labute approximate surface area is 149 Å². The number of hydrogen-bond donors (Lipinski definition) is 2. The third-order valence-corrected chi connectivity index (χ3v) is 5.09. The molecule has 3 rings (SSSR count). The number of anilines is 1. The summed E-state index contributed by atoms with van der Waals surface area (Å²) in [6.07, 6.45) is -0.708. The van der Waals surface area contributed by atoms with Crippen LogP contribution >= 0.6 is 0 Å². The molecule has 0 saturated carbocycles. The van der Waals surface area contributed by atoms with Crippen molar-refractivity contribution in [1.82, 2.24) is 10.2 Å². The van der Waals surface area contributed by atoms with Crippen LogP contribution in [-0.4, -0.2) is 35.0 Å². The maximum Gasteiger partial charge on any atom is 0.418 e. The second kappa shape index (κ2) is 7.17. The van der Waals surface area contributed by atoms with E-state index in [9.17, 15) is 22.8 Å². The van der Waals surface area contributed by atoms with E-state index in [1.807, 2.05) is 0 Å². The van der Waals surface area contributed by atoms with Crippen molar-refractivity contribution in [1.29, 1.82) is 0 Å². The van der Waals surface area contributed by atoms with E-state index in [0.717, 1.165) is 25.3 Å². The zero-order valence-electron chi connectivity index (χ0n) is 14.5. The molecule has 2 aliphatic rings. The first-order valence-corrected chi connectivity index (χ1v) is 8.78. The Balaban J connectivity index is 1.76. The van der Waals surface area contributed by atoms with Gasteiger partial charge in [0, 0.05) is 25.0 Å². The first-order valence-electron chi connectivity index (χ1n) is 8.78. The molecule has 3 amide bonds. The maximum absolute atomic E-state index is 13.1. The highest BCUT2D eigenvalue weighted by Gasteiger charge is 2.42. The number of fused-ring (bicyclic) bond motifs is 2. The van der Waals surface area contributed by atoms with Crippen LogP contribution < -0.4 is 10.6 Å². The van der Waals surface area contributed by atoms with E-state index in [1.165, 1.54) is 25.1 Å². The molecule has 8 heteroatoms. The topological polar surface area (TPSA) is 61.4 Å². The van der Waals surface area contributed by atoms with Crippen molar-refractivity contribution in [3.8, 4) is 0 Å². The van der Waals surface area contributed by atoms with E-state index in [0.29, 0.717) is 12.8 Å². The fraction of sp³-hybridized carbons (Fsp3) is 0.556. The van der Waals surface area contributed by atoms with Crippen molar-refractivity contribution in [2.45, 2.75) is 63.3 Å². The quantitative estimate of drug-likeness (QED) is 0.834. The third-order valence-electron chi connectivity index (χ3n) is 5.09. The minimum absolute atomic E-state index is 0.00862. The van der Waals surface area contributed by atoms with Gasteiger partial charge in [0.2, 0.25) is 5.91 Å². The largest absolute Gasteiger partial charge is 0.418 e. The number of nitrogens with one attached hydrogen (secondary N) is 2. The lowest BCUT2D eigenvalue weighted by Crippen LogP contribution is -2.59. The predicted molar refractivity (Wildman–Crippen MR) is 90.6 cm³/mol. The normalized spacial score (nSPS) is 25.5. The average Bonchev–Trinajstić information content (AvgIpc) is 2.52. The molecule has 0 aromatic heterocycles. The van der Waals surface area contributed by atoms with E-state index in [-0.39, 0.29) is 29.7 Å². The maximum atomic E-state index is 13.1. The third kappa shape index (κ3) is 3.94. The van der Waals surface area contributed by atoms with Crippen molar-refractivity contribution in [3.63, 3.8) is 0 Å². The van der Waals surface area contributed by atoms with Crippen LogP contribution in [0.4, 0.5) is 23.7 Å². The number of alkyl halides is 3. The predicted octanol–water partition coefficient (Wildman–Crippen LogP) is 3.76. The van der Waals surface area contributed by atoms with Crippen LogP contribution in [-0.2, 0) is 11.0 Å². The molecule has 0 aliphatic carbocycles. The second-order valence-electron chi connectivity index (χ2n) is 6.99. The second-order valence-corrected chi connectivity index (χ2v) is 6.99. The van der Waals surface area contributed by atoms with Crippen molar-refractivity contribution < 1.29 is 22.8 Å². The summed E-state index contributed by atoms with van der Waals surface area (Å²) in [5.74, 6) is -0.106. The Hall–Kier alpha value is -2.25. The number of piperidine rings is 2. The summed E-state index contributed by atoms with van der Waals surface area (Å²) in [6.45, 7) is 1.46. The van der Waals surface area contributed by atoms with Crippen molar-refractivity contribution >= 4 is 17.6 Å². The lowest BCUT2D eigenvalue weighted by atomic mass is 9.82. The summed E-state index contributed by atoms with van der Waals surface area (Å²) < 4.78 is 39.4. The first-order chi connectivity index (χ1) is 12.3. The summed E-state index contributed by atoms with van der Waals surface area (Å²) >= 11 is 0. The highest BCUT2D eigenvalue weighted by atomic mass is 19.4. The molecule has 1 aromatic carbocycles. The van der Waals surface area contributed by atoms with Crippen molar-refractivity contribution in [2.24, 2.45) is 0 Å². The smallest absolute Gasteiger partial charge is 0.353 e. The molecule has 2 atom stereocenters. The van der Waals surface area contributed by atoms with E-state index >= 15 is 0 Å². The Bertz CT molecular complexity index is 679. The highest BCUT2D eigenvalue weighted by molar-refractivity contribution is 5.91. The molecule has 2 saturated heterocycles. The van der Waals surface area contributed by atoms with Gasteiger partial charge in [-0.25, -0.2) is 4.79 Å². The van der Waals surface area contributed by atoms with Crippen LogP contribution in [0.1, 0.15) is 44.6 Å². The molecular formula is C18H22F3N3O2. The van der Waals surface area contributed by atoms with E-state index in [4.69, 9.17) is 0 Å². The van der Waals surface area contributed by atoms with Gasteiger partial charge in [-0.15, -0.1) is 0 Å². The molecule has 2 heterocycles. The fourth-order valence-corrected chi connectivity index (χ4v) is 4.14. The number of para-hydroxylation sites is 1. The summed E-state index contributed by atoms with van der Waals surface area (Å²) in [4.78, 5) is 25.7. The Kier molecular flexibility index (Phi) is 5.11. The zero-order chi connectivity index (χ0) is 18.9. The molecule has 2 aliphatic heterocycles. The van der Waals surface area contributed by atoms with Gasteiger partial charge < -0.3 is 15.5 Å². The number of carbonyl (C=O) groups excluding carboxylic acids is 2. The van der Waals surface area contributed by atoms with Gasteiger partial charge in [0.1, 0.15) is 0 Å². The number of amides is 3. The molecule has 142 valence electrons. The van der Waals surface area contributed by atoms with Gasteiger partial charge in [-0.05, 0) is 44.2 Å². The Morgan fingerprint density at radius 1 is 1.12 bits per heavy atom. The SMILES string of the molecule is CC(=O)NC1C[C@@H]2CCC[C@@H](C1)N2C(=O)Nc1ccccc1C(F)(F)F. The number of halogens is 3. The summed E-state index contributed by atoms with van der Waals surface area (Å²) in [7, 11) is 0. The minimum atomic E-state index is -4.53. The first kappa shape index (κ1) is 18.5. The molecule has 1 aromatic rings. The molecule has 2 N–H and O–H groups in total. The molecule has 5 nitrogen and oxygen atoms in total. The van der Waals surface area contributed by atoms with E-state index in [1.54, 1.807) is 4.90 Å². The summed E-state index contributed by atoms with van der Waals surface area (Å²) in [5, 5.41) is 5.35. The lowest BCUT2D eigenvalue weighted by Gasteiger charge is -2.48. The summed E-state index contributed by atoms with van der Waals surface area (Å²) in [6, 6.07) is 4.35. The molecular weight excluding hydrogens is 347 g/mol. The average molecular weight is 369 g/mol. The van der Waals surface area contributed by atoms with Gasteiger partial charge >= 0.3 is 12.2 Å². The van der Waals surface area contributed by atoms with Crippen LogP contribution in [0.15, 0.2) is 24.3 Å². The number of rotatable bonds is 2. The van der Waals surface area contributed by atoms with Crippen LogP contribution in [0, 0.1) is 0 Å². The van der Waals surface area contributed by atoms with Gasteiger partial charge in [0.05, 0.1) is 11.3 Å². The van der Waals surface area contributed by atoms with E-state index in [2.05, 4.69) is 10.6 Å². The fourth-order valence-electron chi connectivity index (χ4n) is 4.14. The van der Waals surface area contributed by atoms with E-state index < -0.39 is 17.8 Å². The molecule has 26 heavy (non-hydrogen) atoms. The van der Waals surface area contributed by atoms with Gasteiger partial charge in [-0.2, -0.15) is 13.2 Å². The van der Waals surface area contributed by atoms with Crippen LogP contribution in [0.5, 0.6) is 0 Å². The van der Waals surface area contributed by atoms with Gasteiger partial charge in [-0.3, -0.25) is 4.79 Å². The number of nitrogens with zero attached hydrogens (tertiary/aromatic N) is 1. The van der Waals surface area contributed by atoms with Gasteiger partial charge in [-0.1, -0.05) is 12.1 Å². The monoisotopic (exact) mass is 369 g/mol. The van der Waals surface area contributed by atoms with Crippen molar-refractivity contribution in [3.05, 3.63) is 29.8 Å². The van der Waals surface area contributed by atoms with Crippen LogP contribution in [0.3, 0.4) is 0 Å². The molecule has 2 bridgehead atoms. The molecule has 0 spiro atoms. The number of benzene rings is 1. The number of urea groups is 1. The van der Waals surface area contributed by atoms with Gasteiger partial charge in [0.25, 0.3) is 0 Å². The zero-order valence-corrected chi connectivity index (χ0v) is 14.5. The highest BCUT2D eigenvalue weighted by Crippen LogP contribution is 2.37. The Morgan fingerprint density at radius 3 is 2.31 bits per heavy atom. The number of hydrogen-bond acceptors (Lipinski definition) is 2. The molecule has 0 unspecified atom stereocenters. The summed E-state index contributed by atoms with van der Waals surface area (Å²) in [5.41, 5.74) is -1.08. The van der Waals surface area contributed by atoms with Crippen molar-refractivity contribution in [2.75, 3.05) is 5.32 Å².